The molecule has 0 spiro atoms. The summed E-state index contributed by atoms with van der Waals surface area (Å²) in [5, 5.41) is 7.07. The Morgan fingerprint density at radius 1 is 1.08 bits per heavy atom. The molecule has 1 amide bonds. The van der Waals surface area contributed by atoms with E-state index >= 15 is 0 Å². The van der Waals surface area contributed by atoms with Crippen LogP contribution < -0.4 is 10.1 Å². The van der Waals surface area contributed by atoms with Gasteiger partial charge in [-0.1, -0.05) is 24.3 Å². The molecule has 26 heavy (non-hydrogen) atoms. The van der Waals surface area contributed by atoms with Crippen LogP contribution in [0, 0.1) is 0 Å². The van der Waals surface area contributed by atoms with Gasteiger partial charge in [-0.3, -0.25) is 4.79 Å². The highest BCUT2D eigenvalue weighted by atomic mass is 32.1. The highest BCUT2D eigenvalue weighted by Crippen LogP contribution is 2.23. The summed E-state index contributed by atoms with van der Waals surface area (Å²) in [4.78, 5) is 12.4. The van der Waals surface area contributed by atoms with Crippen molar-refractivity contribution in [2.24, 2.45) is 0 Å². The minimum Gasteiger partial charge on any atom is -0.497 e. The lowest BCUT2D eigenvalue weighted by Crippen LogP contribution is -2.29. The summed E-state index contributed by atoms with van der Waals surface area (Å²) < 4.78 is 10.8. The second kappa shape index (κ2) is 8.65. The van der Waals surface area contributed by atoms with Gasteiger partial charge >= 0.3 is 0 Å². The molecule has 3 aromatic rings. The van der Waals surface area contributed by atoms with E-state index in [2.05, 4.69) is 16.8 Å². The van der Waals surface area contributed by atoms with Gasteiger partial charge in [0, 0.05) is 19.2 Å². The van der Waals surface area contributed by atoms with Crippen molar-refractivity contribution in [1.29, 1.82) is 0 Å². The quantitative estimate of drug-likeness (QED) is 0.667. The SMILES string of the molecule is COc1cccc([C@@H](CNC(=O)c2ccc(-c3ccsc3)cc2)OC)c1. The summed E-state index contributed by atoms with van der Waals surface area (Å²) in [5.41, 5.74) is 3.86. The van der Waals surface area contributed by atoms with Crippen molar-refractivity contribution in [3.05, 3.63) is 76.5 Å². The summed E-state index contributed by atoms with van der Waals surface area (Å²) in [7, 11) is 3.26. The maximum absolute atomic E-state index is 12.4. The average Bonchev–Trinajstić information content (AvgIpc) is 3.23. The maximum atomic E-state index is 12.4. The lowest BCUT2D eigenvalue weighted by atomic mass is 10.1. The third kappa shape index (κ3) is 4.31. The van der Waals surface area contributed by atoms with E-state index in [1.807, 2.05) is 53.9 Å². The Bertz CT molecular complexity index is 844. The van der Waals surface area contributed by atoms with Crippen molar-refractivity contribution in [2.75, 3.05) is 20.8 Å². The first kappa shape index (κ1) is 18.2. The van der Waals surface area contributed by atoms with Gasteiger partial charge in [-0.15, -0.1) is 0 Å². The van der Waals surface area contributed by atoms with Gasteiger partial charge in [-0.2, -0.15) is 11.3 Å². The van der Waals surface area contributed by atoms with Gasteiger partial charge in [0.1, 0.15) is 5.75 Å². The fraction of sp³-hybridized carbons (Fsp3) is 0.190. The number of benzene rings is 2. The molecule has 5 heteroatoms. The lowest BCUT2D eigenvalue weighted by Gasteiger charge is -2.17. The molecule has 0 bridgehead atoms. The number of amides is 1. The predicted octanol–water partition coefficient (Wildman–Crippen LogP) is 4.54. The summed E-state index contributed by atoms with van der Waals surface area (Å²) in [6, 6.07) is 17.3. The second-order valence-corrected chi connectivity index (χ2v) is 6.58. The molecule has 1 N–H and O–H groups in total. The number of hydrogen-bond acceptors (Lipinski definition) is 4. The smallest absolute Gasteiger partial charge is 0.251 e. The van der Waals surface area contributed by atoms with Crippen LogP contribution in [0.4, 0.5) is 0 Å². The van der Waals surface area contributed by atoms with Gasteiger partial charge in [0.2, 0.25) is 0 Å². The molecule has 4 nitrogen and oxygen atoms in total. The van der Waals surface area contributed by atoms with Gasteiger partial charge in [-0.05, 0) is 57.8 Å². The highest BCUT2D eigenvalue weighted by molar-refractivity contribution is 7.08. The summed E-state index contributed by atoms with van der Waals surface area (Å²) in [6.07, 6.45) is -0.237. The van der Waals surface area contributed by atoms with E-state index in [1.165, 1.54) is 5.56 Å². The molecule has 0 aliphatic heterocycles. The van der Waals surface area contributed by atoms with Gasteiger partial charge in [0.15, 0.2) is 0 Å². The van der Waals surface area contributed by atoms with Crippen molar-refractivity contribution in [2.45, 2.75) is 6.10 Å². The van der Waals surface area contributed by atoms with Gasteiger partial charge in [0.25, 0.3) is 5.91 Å². The van der Waals surface area contributed by atoms with E-state index in [1.54, 1.807) is 25.6 Å². The molecule has 3 rings (SSSR count). The Hall–Kier alpha value is -2.63. The largest absolute Gasteiger partial charge is 0.497 e. The molecule has 0 radical (unpaired) electrons. The van der Waals surface area contributed by atoms with Crippen molar-refractivity contribution < 1.29 is 14.3 Å². The summed E-state index contributed by atoms with van der Waals surface area (Å²) in [6.45, 7) is 0.384. The summed E-state index contributed by atoms with van der Waals surface area (Å²) in [5.74, 6) is 0.645. The van der Waals surface area contributed by atoms with Crippen molar-refractivity contribution >= 4 is 17.2 Å². The molecule has 0 unspecified atom stereocenters. The number of methoxy groups -OCH3 is 2. The van der Waals surface area contributed by atoms with Crippen molar-refractivity contribution in [3.63, 3.8) is 0 Å². The van der Waals surface area contributed by atoms with E-state index in [9.17, 15) is 4.79 Å². The summed E-state index contributed by atoms with van der Waals surface area (Å²) >= 11 is 1.66. The van der Waals surface area contributed by atoms with E-state index in [0.717, 1.165) is 16.9 Å². The Balaban J connectivity index is 1.63. The number of ether oxygens (including phenoxy) is 2. The molecular formula is C21H21NO3S. The van der Waals surface area contributed by atoms with Gasteiger partial charge in [0.05, 0.1) is 13.2 Å². The van der Waals surface area contributed by atoms with Crippen LogP contribution in [-0.2, 0) is 4.74 Å². The molecule has 2 aromatic carbocycles. The Morgan fingerprint density at radius 2 is 1.88 bits per heavy atom. The van der Waals surface area contributed by atoms with Crippen LogP contribution in [0.15, 0.2) is 65.4 Å². The van der Waals surface area contributed by atoms with Crippen LogP contribution in [0.2, 0.25) is 0 Å². The molecule has 0 aliphatic carbocycles. The van der Waals surface area contributed by atoms with Crippen molar-refractivity contribution in [1.82, 2.24) is 5.32 Å². The van der Waals surface area contributed by atoms with Crippen LogP contribution in [0.1, 0.15) is 22.0 Å². The number of nitrogens with one attached hydrogen (secondary N) is 1. The molecule has 1 heterocycles. The van der Waals surface area contributed by atoms with Crippen LogP contribution in [-0.4, -0.2) is 26.7 Å². The molecular weight excluding hydrogens is 346 g/mol. The zero-order valence-electron chi connectivity index (χ0n) is 14.8. The zero-order chi connectivity index (χ0) is 18.4. The first-order chi connectivity index (χ1) is 12.7. The molecule has 1 atom stereocenters. The highest BCUT2D eigenvalue weighted by Gasteiger charge is 2.14. The lowest BCUT2D eigenvalue weighted by molar-refractivity contribution is 0.0827. The van der Waals surface area contributed by atoms with Crippen molar-refractivity contribution in [3.8, 4) is 16.9 Å². The van der Waals surface area contributed by atoms with E-state index < -0.39 is 0 Å². The molecule has 0 aliphatic rings. The topological polar surface area (TPSA) is 47.6 Å². The standard InChI is InChI=1S/C21H21NO3S/c1-24-19-5-3-4-17(12-19)20(25-2)13-22-21(23)16-8-6-15(7-9-16)18-10-11-26-14-18/h3-12,14,20H,13H2,1-2H3,(H,22,23)/t20-/m1/s1. The Kier molecular flexibility index (Phi) is 6.04. The molecule has 0 saturated carbocycles. The zero-order valence-corrected chi connectivity index (χ0v) is 15.6. The Morgan fingerprint density at radius 3 is 2.54 bits per heavy atom. The Labute approximate surface area is 157 Å². The third-order valence-electron chi connectivity index (χ3n) is 4.20. The number of carbonyl (C=O) groups is 1. The molecule has 0 saturated heterocycles. The van der Waals surface area contributed by atoms with E-state index in [4.69, 9.17) is 9.47 Å². The molecule has 0 fully saturated rings. The number of carbonyl (C=O) groups excluding carboxylic acids is 1. The van der Waals surface area contributed by atoms with Crippen LogP contribution in [0.25, 0.3) is 11.1 Å². The minimum absolute atomic E-state index is 0.119. The predicted molar refractivity (Wildman–Crippen MR) is 105 cm³/mol. The number of hydrogen-bond donors (Lipinski definition) is 1. The fourth-order valence-electron chi connectivity index (χ4n) is 2.71. The fourth-order valence-corrected chi connectivity index (χ4v) is 3.37. The first-order valence-corrected chi connectivity index (χ1v) is 9.23. The van der Waals surface area contributed by atoms with E-state index in [0.29, 0.717) is 12.1 Å². The van der Waals surface area contributed by atoms with Gasteiger partial charge in [-0.25, -0.2) is 0 Å². The molecule has 134 valence electrons. The monoisotopic (exact) mass is 367 g/mol. The molecule has 1 aromatic heterocycles. The first-order valence-electron chi connectivity index (χ1n) is 8.29. The number of thiophene rings is 1. The normalized spacial score (nSPS) is 11.8. The number of rotatable bonds is 7. The van der Waals surface area contributed by atoms with Crippen LogP contribution in [0.3, 0.4) is 0 Å². The third-order valence-corrected chi connectivity index (χ3v) is 4.88. The van der Waals surface area contributed by atoms with Gasteiger partial charge < -0.3 is 14.8 Å². The maximum Gasteiger partial charge on any atom is 0.251 e. The van der Waals surface area contributed by atoms with Crippen LogP contribution in [0.5, 0.6) is 5.75 Å². The van der Waals surface area contributed by atoms with E-state index in [-0.39, 0.29) is 12.0 Å². The second-order valence-electron chi connectivity index (χ2n) is 5.80. The average molecular weight is 367 g/mol. The minimum atomic E-state index is -0.237. The van der Waals surface area contributed by atoms with Crippen LogP contribution >= 0.6 is 11.3 Å².